The first-order chi connectivity index (χ1) is 10.2. The highest BCUT2D eigenvalue weighted by atomic mass is 35.5. The molecule has 1 N–H and O–H groups in total. The average Bonchev–Trinajstić information content (AvgIpc) is 2.92. The lowest BCUT2D eigenvalue weighted by atomic mass is 9.88. The molecule has 0 amide bonds. The number of ether oxygens (including phenoxy) is 1. The van der Waals surface area contributed by atoms with E-state index in [1.165, 1.54) is 5.56 Å². The molecule has 0 saturated heterocycles. The maximum absolute atomic E-state index is 6.17. The van der Waals surface area contributed by atoms with Gasteiger partial charge in [0.1, 0.15) is 5.75 Å². The first-order valence-corrected chi connectivity index (χ1v) is 7.86. The van der Waals surface area contributed by atoms with E-state index in [0.717, 1.165) is 17.9 Å². The van der Waals surface area contributed by atoms with Gasteiger partial charge in [-0.2, -0.15) is 0 Å². The average molecular weight is 322 g/mol. The molecular formula is C17H17Cl2NO. The van der Waals surface area contributed by atoms with Gasteiger partial charge < -0.3 is 10.1 Å². The molecule has 0 aromatic heterocycles. The molecule has 3 rings (SSSR count). The highest BCUT2D eigenvalue weighted by Gasteiger charge is 2.31. The molecule has 1 aliphatic heterocycles. The van der Waals surface area contributed by atoms with Gasteiger partial charge in [0.25, 0.3) is 0 Å². The molecule has 0 spiro atoms. The molecule has 2 atom stereocenters. The van der Waals surface area contributed by atoms with Crippen molar-refractivity contribution in [2.24, 2.45) is 0 Å². The molecule has 1 heterocycles. The number of hydrogen-bond donors (Lipinski definition) is 1. The topological polar surface area (TPSA) is 21.3 Å². The number of para-hydroxylation sites is 1. The van der Waals surface area contributed by atoms with Gasteiger partial charge in [0, 0.05) is 17.5 Å². The molecule has 2 aromatic rings. The summed E-state index contributed by atoms with van der Waals surface area (Å²) in [6, 6.07) is 14.2. The van der Waals surface area contributed by atoms with Crippen LogP contribution in [0, 0.1) is 0 Å². The molecule has 0 aliphatic carbocycles. The van der Waals surface area contributed by atoms with Crippen LogP contribution in [0.4, 0.5) is 0 Å². The van der Waals surface area contributed by atoms with E-state index < -0.39 is 0 Å². The fourth-order valence-corrected chi connectivity index (χ4v) is 3.19. The second kappa shape index (κ2) is 6.27. The second-order valence-corrected chi connectivity index (χ2v) is 5.98. The molecule has 0 fully saturated rings. The van der Waals surface area contributed by atoms with E-state index >= 15 is 0 Å². The van der Waals surface area contributed by atoms with Gasteiger partial charge in [-0.3, -0.25) is 0 Å². The Morgan fingerprint density at radius 1 is 1.19 bits per heavy atom. The van der Waals surface area contributed by atoms with E-state index in [-0.39, 0.29) is 12.0 Å². The zero-order valence-corrected chi connectivity index (χ0v) is 13.3. The number of nitrogens with one attached hydrogen (secondary N) is 1. The molecule has 21 heavy (non-hydrogen) atoms. The Balaban J connectivity index is 1.97. The lowest BCUT2D eigenvalue weighted by Crippen LogP contribution is -2.28. The minimum absolute atomic E-state index is 0.161. The standard InChI is InChI=1S/C17H17Cl2NO/c1-2-20-17(11-7-8-14(18)15(19)9-11)13-10-21-16-6-4-3-5-12(13)16/h3-9,13,17,20H,2,10H2,1H3. The predicted molar refractivity (Wildman–Crippen MR) is 87.6 cm³/mol. The van der Waals surface area contributed by atoms with Crippen molar-refractivity contribution in [1.29, 1.82) is 0 Å². The Kier molecular flexibility index (Phi) is 4.39. The summed E-state index contributed by atoms with van der Waals surface area (Å²) in [5.74, 6) is 1.25. The van der Waals surface area contributed by atoms with Crippen molar-refractivity contribution in [2.45, 2.75) is 18.9 Å². The SMILES string of the molecule is CCNC(c1ccc(Cl)c(Cl)c1)C1COc2ccccc21. The van der Waals surface area contributed by atoms with Crippen molar-refractivity contribution in [3.05, 3.63) is 63.6 Å². The van der Waals surface area contributed by atoms with Crippen LogP contribution in [0.1, 0.15) is 30.0 Å². The molecule has 0 bridgehead atoms. The van der Waals surface area contributed by atoms with Crippen molar-refractivity contribution >= 4 is 23.2 Å². The van der Waals surface area contributed by atoms with Crippen LogP contribution in [0.25, 0.3) is 0 Å². The van der Waals surface area contributed by atoms with Gasteiger partial charge in [-0.25, -0.2) is 0 Å². The van der Waals surface area contributed by atoms with Crippen LogP contribution in [0.3, 0.4) is 0 Å². The smallest absolute Gasteiger partial charge is 0.122 e. The molecular weight excluding hydrogens is 305 g/mol. The zero-order valence-electron chi connectivity index (χ0n) is 11.8. The van der Waals surface area contributed by atoms with Crippen LogP contribution in [-0.2, 0) is 0 Å². The Morgan fingerprint density at radius 2 is 2.00 bits per heavy atom. The molecule has 110 valence electrons. The Labute approximate surface area is 135 Å². The van der Waals surface area contributed by atoms with Gasteiger partial charge in [0.05, 0.1) is 16.7 Å². The third-order valence-corrected chi connectivity index (χ3v) is 4.61. The Hall–Kier alpha value is -1.22. The maximum atomic E-state index is 6.17. The Morgan fingerprint density at radius 3 is 2.76 bits per heavy atom. The molecule has 1 aliphatic rings. The van der Waals surface area contributed by atoms with Crippen LogP contribution >= 0.6 is 23.2 Å². The maximum Gasteiger partial charge on any atom is 0.122 e. The summed E-state index contributed by atoms with van der Waals surface area (Å²) >= 11 is 12.2. The summed E-state index contributed by atoms with van der Waals surface area (Å²) in [6.07, 6.45) is 0. The fraction of sp³-hybridized carbons (Fsp3) is 0.294. The summed E-state index contributed by atoms with van der Waals surface area (Å²) in [7, 11) is 0. The van der Waals surface area contributed by atoms with Gasteiger partial charge in [-0.1, -0.05) is 54.4 Å². The molecule has 2 nitrogen and oxygen atoms in total. The van der Waals surface area contributed by atoms with Crippen molar-refractivity contribution in [1.82, 2.24) is 5.32 Å². The minimum Gasteiger partial charge on any atom is -0.493 e. The number of halogens is 2. The minimum atomic E-state index is 0.161. The second-order valence-electron chi connectivity index (χ2n) is 5.16. The summed E-state index contributed by atoms with van der Waals surface area (Å²) in [6.45, 7) is 3.66. The quantitative estimate of drug-likeness (QED) is 0.871. The number of benzene rings is 2. The Bertz CT molecular complexity index is 644. The van der Waals surface area contributed by atoms with Gasteiger partial charge in [-0.05, 0) is 30.3 Å². The number of likely N-dealkylation sites (N-methyl/N-ethyl adjacent to an activating group) is 1. The molecule has 2 aromatic carbocycles. The lowest BCUT2D eigenvalue weighted by molar-refractivity contribution is 0.301. The first kappa shape index (κ1) is 14.7. The van der Waals surface area contributed by atoms with Crippen LogP contribution in [-0.4, -0.2) is 13.2 Å². The zero-order chi connectivity index (χ0) is 14.8. The van der Waals surface area contributed by atoms with Crippen molar-refractivity contribution in [2.75, 3.05) is 13.2 Å². The number of hydrogen-bond acceptors (Lipinski definition) is 2. The summed E-state index contributed by atoms with van der Waals surface area (Å²) in [5, 5.41) is 4.72. The lowest BCUT2D eigenvalue weighted by Gasteiger charge is -2.24. The summed E-state index contributed by atoms with van der Waals surface area (Å²) < 4.78 is 5.81. The molecule has 4 heteroatoms. The summed E-state index contributed by atoms with van der Waals surface area (Å²) in [4.78, 5) is 0. The summed E-state index contributed by atoms with van der Waals surface area (Å²) in [5.41, 5.74) is 2.38. The van der Waals surface area contributed by atoms with E-state index in [4.69, 9.17) is 27.9 Å². The third kappa shape index (κ3) is 2.89. The van der Waals surface area contributed by atoms with Gasteiger partial charge in [0.2, 0.25) is 0 Å². The van der Waals surface area contributed by atoms with Crippen LogP contribution in [0.15, 0.2) is 42.5 Å². The molecule has 0 saturated carbocycles. The van der Waals surface area contributed by atoms with E-state index in [9.17, 15) is 0 Å². The fourth-order valence-electron chi connectivity index (χ4n) is 2.88. The van der Waals surface area contributed by atoms with Crippen molar-refractivity contribution < 1.29 is 4.74 Å². The van der Waals surface area contributed by atoms with E-state index in [0.29, 0.717) is 16.7 Å². The van der Waals surface area contributed by atoms with E-state index in [1.54, 1.807) is 0 Å². The van der Waals surface area contributed by atoms with Gasteiger partial charge >= 0.3 is 0 Å². The van der Waals surface area contributed by atoms with Crippen LogP contribution in [0.5, 0.6) is 5.75 Å². The first-order valence-electron chi connectivity index (χ1n) is 7.10. The van der Waals surface area contributed by atoms with Crippen LogP contribution < -0.4 is 10.1 Å². The van der Waals surface area contributed by atoms with Gasteiger partial charge in [-0.15, -0.1) is 0 Å². The highest BCUT2D eigenvalue weighted by molar-refractivity contribution is 6.42. The highest BCUT2D eigenvalue weighted by Crippen LogP contribution is 2.41. The predicted octanol–water partition coefficient (Wildman–Crippen LogP) is 4.82. The van der Waals surface area contributed by atoms with Crippen molar-refractivity contribution in [3.63, 3.8) is 0 Å². The molecule has 0 radical (unpaired) electrons. The molecule has 2 unspecified atom stereocenters. The van der Waals surface area contributed by atoms with Gasteiger partial charge in [0.15, 0.2) is 0 Å². The van der Waals surface area contributed by atoms with E-state index in [2.05, 4.69) is 24.4 Å². The normalized spacial score (nSPS) is 18.1. The largest absolute Gasteiger partial charge is 0.493 e. The number of fused-ring (bicyclic) bond motifs is 1. The number of rotatable bonds is 4. The third-order valence-electron chi connectivity index (χ3n) is 3.87. The van der Waals surface area contributed by atoms with Crippen molar-refractivity contribution in [3.8, 4) is 5.75 Å². The van der Waals surface area contributed by atoms with Crippen LogP contribution in [0.2, 0.25) is 10.0 Å². The van der Waals surface area contributed by atoms with E-state index in [1.807, 2.05) is 30.3 Å². The monoisotopic (exact) mass is 321 g/mol.